The highest BCUT2D eigenvalue weighted by Crippen LogP contribution is 2.22. The van der Waals surface area contributed by atoms with Gasteiger partial charge in [-0.3, -0.25) is 14.5 Å². The minimum atomic E-state index is -0.576. The van der Waals surface area contributed by atoms with Crippen molar-refractivity contribution in [3.05, 3.63) is 12.7 Å². The molecular formula is C12H18N2O2S. The molecule has 0 aromatic carbocycles. The van der Waals surface area contributed by atoms with Gasteiger partial charge in [-0.25, -0.2) is 0 Å². The molecule has 1 atom stereocenters. The number of carbonyl (C=O) groups is 2. The lowest BCUT2D eigenvalue weighted by atomic mass is 9.99. The van der Waals surface area contributed by atoms with Gasteiger partial charge in [0.15, 0.2) is 5.17 Å². The normalized spacial score (nSPS) is 20.5. The van der Waals surface area contributed by atoms with Gasteiger partial charge < -0.3 is 0 Å². The van der Waals surface area contributed by atoms with Gasteiger partial charge in [0.2, 0.25) is 5.91 Å². The zero-order chi connectivity index (χ0) is 12.8. The van der Waals surface area contributed by atoms with Crippen molar-refractivity contribution in [3.63, 3.8) is 0 Å². The molecule has 1 aliphatic rings. The van der Waals surface area contributed by atoms with Gasteiger partial charge in [0.25, 0.3) is 5.91 Å². The van der Waals surface area contributed by atoms with Crippen molar-refractivity contribution >= 4 is 28.7 Å². The third kappa shape index (κ3) is 3.43. The average molecular weight is 254 g/mol. The van der Waals surface area contributed by atoms with E-state index in [4.69, 9.17) is 0 Å². The van der Waals surface area contributed by atoms with Crippen LogP contribution in [0.15, 0.2) is 17.6 Å². The minimum Gasteiger partial charge on any atom is -0.294 e. The van der Waals surface area contributed by atoms with Crippen molar-refractivity contribution < 1.29 is 9.59 Å². The van der Waals surface area contributed by atoms with Crippen LogP contribution in [0.25, 0.3) is 0 Å². The fraction of sp³-hybridized carbons (Fsp3) is 0.583. The van der Waals surface area contributed by atoms with Crippen molar-refractivity contribution in [1.82, 2.24) is 4.90 Å². The first-order valence-electron chi connectivity index (χ1n) is 5.75. The summed E-state index contributed by atoms with van der Waals surface area (Å²) in [4.78, 5) is 29.2. The molecule has 0 saturated carbocycles. The number of carbonyl (C=O) groups excluding carboxylic acids is 2. The minimum absolute atomic E-state index is 0.134. The van der Waals surface area contributed by atoms with Crippen LogP contribution in [0, 0.1) is 5.92 Å². The van der Waals surface area contributed by atoms with Crippen LogP contribution in [0.1, 0.15) is 26.2 Å². The smallest absolute Gasteiger partial charge is 0.260 e. The summed E-state index contributed by atoms with van der Waals surface area (Å²) in [6.07, 6.45) is 4.17. The van der Waals surface area contributed by atoms with Crippen LogP contribution in [0.5, 0.6) is 0 Å². The van der Waals surface area contributed by atoms with E-state index in [-0.39, 0.29) is 11.8 Å². The summed E-state index contributed by atoms with van der Waals surface area (Å²) in [6.45, 7) is 5.64. The van der Waals surface area contributed by atoms with Crippen molar-refractivity contribution in [2.75, 3.05) is 12.8 Å². The van der Waals surface area contributed by atoms with Crippen LogP contribution < -0.4 is 0 Å². The molecule has 0 unspecified atom stereocenters. The van der Waals surface area contributed by atoms with Crippen LogP contribution >= 0.6 is 11.8 Å². The summed E-state index contributed by atoms with van der Waals surface area (Å²) in [5.74, 6) is -0.366. The van der Waals surface area contributed by atoms with Crippen molar-refractivity contribution in [2.24, 2.45) is 10.9 Å². The Labute approximate surface area is 106 Å². The molecule has 0 N–H and O–H groups in total. The van der Waals surface area contributed by atoms with E-state index in [9.17, 15) is 9.59 Å². The molecule has 0 fully saturated rings. The number of nitrogens with zero attached hydrogens (tertiary/aromatic N) is 2. The van der Waals surface area contributed by atoms with Crippen molar-refractivity contribution in [3.8, 4) is 0 Å². The van der Waals surface area contributed by atoms with Crippen molar-refractivity contribution in [1.29, 1.82) is 0 Å². The quantitative estimate of drug-likeness (QED) is 0.557. The highest BCUT2D eigenvalue weighted by molar-refractivity contribution is 8.14. The standard InChI is InChI=1S/C12H18N2O2S/c1-4-6-7-9-10(15)13-12(17-8-5-2)14(3)11(9)16/h5,9H,2,4,6-8H2,1,3H3/t9-/m1/s1. The van der Waals surface area contributed by atoms with E-state index in [1.807, 2.05) is 6.92 Å². The lowest BCUT2D eigenvalue weighted by Gasteiger charge is -2.26. The Morgan fingerprint density at radius 1 is 1.53 bits per heavy atom. The van der Waals surface area contributed by atoms with Gasteiger partial charge in [-0.05, 0) is 6.42 Å². The summed E-state index contributed by atoms with van der Waals surface area (Å²) in [5, 5.41) is 0.479. The number of amidine groups is 1. The summed E-state index contributed by atoms with van der Waals surface area (Å²) < 4.78 is 0. The largest absolute Gasteiger partial charge is 0.294 e. The maximum absolute atomic E-state index is 12.0. The van der Waals surface area contributed by atoms with Gasteiger partial charge in [-0.15, -0.1) is 6.58 Å². The van der Waals surface area contributed by atoms with Gasteiger partial charge in [0.05, 0.1) is 0 Å². The Kier molecular flexibility index (Phi) is 5.41. The van der Waals surface area contributed by atoms with E-state index < -0.39 is 5.92 Å². The van der Waals surface area contributed by atoms with Crippen LogP contribution in [-0.4, -0.2) is 34.7 Å². The number of rotatable bonds is 5. The van der Waals surface area contributed by atoms with Gasteiger partial charge in [0.1, 0.15) is 5.92 Å². The monoisotopic (exact) mass is 254 g/mol. The summed E-state index contributed by atoms with van der Waals surface area (Å²) >= 11 is 1.36. The van der Waals surface area contributed by atoms with Crippen LogP contribution in [-0.2, 0) is 9.59 Å². The number of aliphatic imine (C=N–C) groups is 1. The van der Waals surface area contributed by atoms with Gasteiger partial charge in [-0.2, -0.15) is 4.99 Å². The second-order valence-electron chi connectivity index (χ2n) is 3.92. The van der Waals surface area contributed by atoms with Crippen LogP contribution in [0.3, 0.4) is 0 Å². The number of hydrogen-bond donors (Lipinski definition) is 0. The molecule has 0 saturated heterocycles. The zero-order valence-corrected chi connectivity index (χ0v) is 11.1. The second kappa shape index (κ2) is 6.59. The molecule has 0 aliphatic carbocycles. The van der Waals surface area contributed by atoms with E-state index in [0.29, 0.717) is 17.3 Å². The van der Waals surface area contributed by atoms with Crippen molar-refractivity contribution in [2.45, 2.75) is 26.2 Å². The van der Waals surface area contributed by atoms with Gasteiger partial charge in [0, 0.05) is 12.8 Å². The molecule has 0 aromatic rings. The Balaban J connectivity index is 2.77. The topological polar surface area (TPSA) is 49.7 Å². The molecule has 1 rings (SSSR count). The maximum atomic E-state index is 12.0. The number of thioether (sulfide) groups is 1. The predicted octanol–water partition coefficient (Wildman–Crippen LogP) is 2.07. The molecule has 4 nitrogen and oxygen atoms in total. The first-order chi connectivity index (χ1) is 8.11. The fourth-order valence-corrected chi connectivity index (χ4v) is 2.30. The molecule has 1 aliphatic heterocycles. The molecule has 2 amide bonds. The van der Waals surface area contributed by atoms with E-state index in [2.05, 4.69) is 11.6 Å². The average Bonchev–Trinajstić information content (AvgIpc) is 2.32. The predicted molar refractivity (Wildman–Crippen MR) is 70.9 cm³/mol. The summed E-state index contributed by atoms with van der Waals surface area (Å²) in [5.41, 5.74) is 0. The lowest BCUT2D eigenvalue weighted by molar-refractivity contribution is -0.138. The van der Waals surface area contributed by atoms with Crippen LogP contribution in [0.2, 0.25) is 0 Å². The SMILES string of the molecule is C=CCSC1=NC(=O)[C@@H](CCCC)C(=O)N1C. The lowest BCUT2D eigenvalue weighted by Crippen LogP contribution is -2.44. The first kappa shape index (κ1) is 14.0. The molecule has 5 heteroatoms. The number of amides is 2. The van der Waals surface area contributed by atoms with E-state index in [1.54, 1.807) is 13.1 Å². The third-order valence-corrected chi connectivity index (χ3v) is 3.62. The van der Waals surface area contributed by atoms with E-state index >= 15 is 0 Å². The molecule has 0 bridgehead atoms. The fourth-order valence-electron chi connectivity index (χ4n) is 1.60. The Morgan fingerprint density at radius 2 is 2.24 bits per heavy atom. The molecular weight excluding hydrogens is 236 g/mol. The maximum Gasteiger partial charge on any atom is 0.260 e. The molecule has 17 heavy (non-hydrogen) atoms. The molecule has 0 aromatic heterocycles. The Hall–Kier alpha value is -1.10. The van der Waals surface area contributed by atoms with Gasteiger partial charge >= 0.3 is 0 Å². The van der Waals surface area contributed by atoms with E-state index in [1.165, 1.54) is 16.7 Å². The molecule has 0 spiro atoms. The summed E-state index contributed by atoms with van der Waals surface area (Å²) in [7, 11) is 1.67. The highest BCUT2D eigenvalue weighted by Gasteiger charge is 2.35. The third-order valence-electron chi connectivity index (χ3n) is 2.60. The second-order valence-corrected chi connectivity index (χ2v) is 4.91. The Bertz CT molecular complexity index is 352. The highest BCUT2D eigenvalue weighted by atomic mass is 32.2. The Morgan fingerprint density at radius 3 is 2.82 bits per heavy atom. The van der Waals surface area contributed by atoms with Crippen LogP contribution in [0.4, 0.5) is 0 Å². The molecule has 94 valence electrons. The number of unbranched alkanes of at least 4 members (excludes halogenated alkanes) is 1. The summed E-state index contributed by atoms with van der Waals surface area (Å²) in [6, 6.07) is 0. The molecule has 1 heterocycles. The first-order valence-corrected chi connectivity index (χ1v) is 6.74. The molecule has 0 radical (unpaired) electrons. The number of hydrogen-bond acceptors (Lipinski definition) is 3. The van der Waals surface area contributed by atoms with E-state index in [0.717, 1.165) is 12.8 Å². The van der Waals surface area contributed by atoms with Gasteiger partial charge in [-0.1, -0.05) is 37.6 Å². The zero-order valence-electron chi connectivity index (χ0n) is 10.3.